The van der Waals surface area contributed by atoms with Crippen LogP contribution in [0.2, 0.25) is 0 Å². The minimum atomic E-state index is -0.562. The van der Waals surface area contributed by atoms with Crippen LogP contribution >= 0.6 is 0 Å². The number of aryl methyl sites for hydroxylation is 1. The van der Waals surface area contributed by atoms with Gasteiger partial charge < -0.3 is 18.9 Å². The number of ether oxygens (including phenoxy) is 4. The lowest BCUT2D eigenvalue weighted by atomic mass is 10.0. The molecule has 0 fully saturated rings. The van der Waals surface area contributed by atoms with Gasteiger partial charge in [0.2, 0.25) is 5.78 Å². The molecule has 0 saturated heterocycles. The van der Waals surface area contributed by atoms with Gasteiger partial charge in [0.15, 0.2) is 5.76 Å². The van der Waals surface area contributed by atoms with E-state index >= 15 is 0 Å². The number of hydrogen-bond donors (Lipinski definition) is 0. The van der Waals surface area contributed by atoms with Gasteiger partial charge in [-0.05, 0) is 49.8 Å². The van der Waals surface area contributed by atoms with Crippen LogP contribution in [0.15, 0.2) is 66.4 Å². The SMILES string of the molecule is CCOc1ccccc1/C=C1\Oc2cc(OC(=O)c3ccccc3OC)cc(C)c2C1=O. The van der Waals surface area contributed by atoms with Crippen LogP contribution in [-0.4, -0.2) is 25.5 Å². The molecule has 0 radical (unpaired) electrons. The molecule has 3 aromatic carbocycles. The van der Waals surface area contributed by atoms with Gasteiger partial charge in [-0.1, -0.05) is 30.3 Å². The average Bonchev–Trinajstić information content (AvgIpc) is 3.10. The Morgan fingerprint density at radius 2 is 1.75 bits per heavy atom. The zero-order chi connectivity index (χ0) is 22.7. The Morgan fingerprint density at radius 3 is 2.50 bits per heavy atom. The molecule has 0 saturated carbocycles. The molecule has 1 aliphatic rings. The molecule has 0 atom stereocenters. The number of benzene rings is 3. The monoisotopic (exact) mass is 430 g/mol. The first kappa shape index (κ1) is 21.2. The standard InChI is InChI=1S/C26H22O6/c1-4-30-20-11-7-5-9-17(20)14-23-25(27)24-16(2)13-18(15-22(24)32-23)31-26(28)19-10-6-8-12-21(19)29-3/h5-15H,4H2,1-3H3/b23-14-. The number of ketones is 1. The van der Waals surface area contributed by atoms with Crippen LogP contribution in [0.4, 0.5) is 0 Å². The molecule has 0 amide bonds. The Hall–Kier alpha value is -4.06. The first-order valence-electron chi connectivity index (χ1n) is 10.2. The predicted octanol–water partition coefficient (Wildman–Crippen LogP) is 5.24. The molecule has 3 aromatic rings. The number of esters is 1. The third kappa shape index (κ3) is 4.07. The lowest BCUT2D eigenvalue weighted by molar-refractivity contribution is 0.0731. The Kier molecular flexibility index (Phi) is 5.94. The molecule has 162 valence electrons. The molecule has 0 aliphatic carbocycles. The van der Waals surface area contributed by atoms with Crippen molar-refractivity contribution < 1.29 is 28.5 Å². The van der Waals surface area contributed by atoms with Crippen molar-refractivity contribution in [2.45, 2.75) is 13.8 Å². The van der Waals surface area contributed by atoms with Gasteiger partial charge >= 0.3 is 5.97 Å². The summed E-state index contributed by atoms with van der Waals surface area (Å²) in [7, 11) is 1.49. The molecular formula is C26H22O6. The molecule has 6 heteroatoms. The maximum Gasteiger partial charge on any atom is 0.347 e. The Labute approximate surface area is 186 Å². The van der Waals surface area contributed by atoms with Crippen LogP contribution in [0.3, 0.4) is 0 Å². The van der Waals surface area contributed by atoms with Crippen LogP contribution in [0, 0.1) is 6.92 Å². The van der Waals surface area contributed by atoms with Gasteiger partial charge in [-0.15, -0.1) is 0 Å². The maximum atomic E-state index is 13.0. The molecule has 32 heavy (non-hydrogen) atoms. The Bertz CT molecular complexity index is 1220. The van der Waals surface area contributed by atoms with E-state index in [1.807, 2.05) is 31.2 Å². The lowest BCUT2D eigenvalue weighted by Crippen LogP contribution is -2.10. The highest BCUT2D eigenvalue weighted by Crippen LogP contribution is 2.38. The van der Waals surface area contributed by atoms with Gasteiger partial charge in [0.05, 0.1) is 19.3 Å². The molecule has 0 spiro atoms. The summed E-state index contributed by atoms with van der Waals surface area (Å²) in [6.45, 7) is 4.18. The number of rotatable bonds is 6. The highest BCUT2D eigenvalue weighted by molar-refractivity contribution is 6.15. The van der Waals surface area contributed by atoms with Gasteiger partial charge in [0, 0.05) is 11.6 Å². The van der Waals surface area contributed by atoms with Crippen molar-refractivity contribution >= 4 is 17.8 Å². The van der Waals surface area contributed by atoms with E-state index < -0.39 is 5.97 Å². The summed E-state index contributed by atoms with van der Waals surface area (Å²) in [6, 6.07) is 17.4. The van der Waals surface area contributed by atoms with Crippen molar-refractivity contribution in [2.24, 2.45) is 0 Å². The number of carbonyl (C=O) groups is 2. The summed E-state index contributed by atoms with van der Waals surface area (Å²) in [5.41, 5.74) is 2.14. The summed E-state index contributed by atoms with van der Waals surface area (Å²) in [5, 5.41) is 0. The smallest absolute Gasteiger partial charge is 0.347 e. The van der Waals surface area contributed by atoms with Gasteiger partial charge in [-0.3, -0.25) is 4.79 Å². The molecule has 0 unspecified atom stereocenters. The normalized spacial score (nSPS) is 13.5. The molecule has 1 heterocycles. The van der Waals surface area contributed by atoms with Crippen LogP contribution < -0.4 is 18.9 Å². The van der Waals surface area contributed by atoms with E-state index in [-0.39, 0.29) is 17.3 Å². The minimum absolute atomic E-state index is 0.184. The predicted molar refractivity (Wildman–Crippen MR) is 120 cm³/mol. The van der Waals surface area contributed by atoms with Crippen LogP contribution in [-0.2, 0) is 0 Å². The molecule has 6 nitrogen and oxygen atoms in total. The van der Waals surface area contributed by atoms with E-state index in [9.17, 15) is 9.59 Å². The molecule has 0 N–H and O–H groups in total. The topological polar surface area (TPSA) is 71.1 Å². The van der Waals surface area contributed by atoms with Crippen molar-refractivity contribution in [1.82, 2.24) is 0 Å². The second-order valence-electron chi connectivity index (χ2n) is 7.11. The van der Waals surface area contributed by atoms with Crippen molar-refractivity contribution in [2.75, 3.05) is 13.7 Å². The molecule has 1 aliphatic heterocycles. The second-order valence-corrected chi connectivity index (χ2v) is 7.11. The fraction of sp³-hybridized carbons (Fsp3) is 0.154. The van der Waals surface area contributed by atoms with Crippen molar-refractivity contribution in [1.29, 1.82) is 0 Å². The van der Waals surface area contributed by atoms with Crippen molar-refractivity contribution in [3.8, 4) is 23.0 Å². The fourth-order valence-corrected chi connectivity index (χ4v) is 3.54. The van der Waals surface area contributed by atoms with Gasteiger partial charge in [-0.25, -0.2) is 4.79 Å². The quantitative estimate of drug-likeness (QED) is 0.303. The van der Waals surface area contributed by atoms with Crippen molar-refractivity contribution in [3.05, 3.63) is 88.7 Å². The second kappa shape index (κ2) is 8.98. The van der Waals surface area contributed by atoms with Crippen molar-refractivity contribution in [3.63, 3.8) is 0 Å². The lowest BCUT2D eigenvalue weighted by Gasteiger charge is -2.10. The first-order valence-corrected chi connectivity index (χ1v) is 10.2. The number of carbonyl (C=O) groups excluding carboxylic acids is 2. The van der Waals surface area contributed by atoms with Crippen LogP contribution in [0.25, 0.3) is 6.08 Å². The third-order valence-electron chi connectivity index (χ3n) is 4.99. The summed E-state index contributed by atoms with van der Waals surface area (Å²) >= 11 is 0. The largest absolute Gasteiger partial charge is 0.496 e. The third-order valence-corrected chi connectivity index (χ3v) is 4.99. The maximum absolute atomic E-state index is 13.0. The zero-order valence-corrected chi connectivity index (χ0v) is 18.0. The van der Waals surface area contributed by atoms with E-state index in [0.717, 1.165) is 5.56 Å². The average molecular weight is 430 g/mol. The van der Waals surface area contributed by atoms with Gasteiger partial charge in [-0.2, -0.15) is 0 Å². The highest BCUT2D eigenvalue weighted by Gasteiger charge is 2.30. The molecule has 0 aromatic heterocycles. The van der Waals surface area contributed by atoms with E-state index in [1.54, 1.807) is 49.4 Å². The number of Topliss-reactive ketones (excluding diaryl/α,β-unsaturated/α-hetero) is 1. The summed E-state index contributed by atoms with van der Waals surface area (Å²) in [6.07, 6.45) is 1.66. The minimum Gasteiger partial charge on any atom is -0.496 e. The molecular weight excluding hydrogens is 408 g/mol. The number of fused-ring (bicyclic) bond motifs is 1. The van der Waals surface area contributed by atoms with Gasteiger partial charge in [0.25, 0.3) is 0 Å². The van der Waals surface area contributed by atoms with Crippen LogP contribution in [0.5, 0.6) is 23.0 Å². The molecule has 4 rings (SSSR count). The van der Waals surface area contributed by atoms with E-state index in [0.29, 0.717) is 40.5 Å². The number of hydrogen-bond acceptors (Lipinski definition) is 6. The summed E-state index contributed by atoms with van der Waals surface area (Å²) in [5.74, 6) is 1.10. The number of methoxy groups -OCH3 is 1. The number of allylic oxidation sites excluding steroid dienone is 1. The molecule has 0 bridgehead atoms. The van der Waals surface area contributed by atoms with Crippen LogP contribution in [0.1, 0.15) is 38.8 Å². The fourth-order valence-electron chi connectivity index (χ4n) is 3.54. The summed E-state index contributed by atoms with van der Waals surface area (Å²) < 4.78 is 22.2. The van der Waals surface area contributed by atoms with Gasteiger partial charge in [0.1, 0.15) is 28.6 Å². The summed E-state index contributed by atoms with van der Waals surface area (Å²) in [4.78, 5) is 25.6. The number of para-hydroxylation sites is 2. The van der Waals surface area contributed by atoms with E-state index in [2.05, 4.69) is 0 Å². The first-order chi connectivity index (χ1) is 15.5. The van der Waals surface area contributed by atoms with E-state index in [4.69, 9.17) is 18.9 Å². The Morgan fingerprint density at radius 1 is 1.03 bits per heavy atom. The van der Waals surface area contributed by atoms with E-state index in [1.165, 1.54) is 7.11 Å². The zero-order valence-electron chi connectivity index (χ0n) is 18.0. The highest BCUT2D eigenvalue weighted by atomic mass is 16.5. The Balaban J connectivity index is 1.62.